The van der Waals surface area contributed by atoms with Crippen molar-refractivity contribution in [1.29, 1.82) is 0 Å². The quantitative estimate of drug-likeness (QED) is 0.850. The molecule has 2 N–H and O–H groups in total. The number of hydrogen-bond donors (Lipinski definition) is 1. The lowest BCUT2D eigenvalue weighted by Gasteiger charge is -2.26. The number of nitrogens with two attached hydrogens (primary N) is 1. The zero-order valence-electron chi connectivity index (χ0n) is 10.5. The van der Waals surface area contributed by atoms with E-state index in [2.05, 4.69) is 19.9 Å². The monoisotopic (exact) mass is 233 g/mol. The van der Waals surface area contributed by atoms with Gasteiger partial charge in [0, 0.05) is 17.5 Å². The molecular formula is C14H19NO2. The molecule has 1 unspecified atom stereocenters. The zero-order chi connectivity index (χ0) is 12.1. The predicted octanol–water partition coefficient (Wildman–Crippen LogP) is 2.08. The second-order valence-electron chi connectivity index (χ2n) is 5.68. The Balaban J connectivity index is 2.10. The first-order valence-corrected chi connectivity index (χ1v) is 6.20. The molecule has 1 heterocycles. The van der Waals surface area contributed by atoms with Crippen LogP contribution in [0.4, 0.5) is 0 Å². The van der Waals surface area contributed by atoms with E-state index >= 15 is 0 Å². The summed E-state index contributed by atoms with van der Waals surface area (Å²) in [6.07, 6.45) is 1.12. The molecule has 1 fully saturated rings. The average molecular weight is 233 g/mol. The van der Waals surface area contributed by atoms with Gasteiger partial charge in [0.1, 0.15) is 13.2 Å². The zero-order valence-corrected chi connectivity index (χ0v) is 10.5. The van der Waals surface area contributed by atoms with Crippen molar-refractivity contribution >= 4 is 0 Å². The van der Waals surface area contributed by atoms with Gasteiger partial charge in [-0.15, -0.1) is 0 Å². The summed E-state index contributed by atoms with van der Waals surface area (Å²) in [5.74, 6) is 1.78. The van der Waals surface area contributed by atoms with Crippen LogP contribution in [0.25, 0.3) is 0 Å². The van der Waals surface area contributed by atoms with Crippen molar-refractivity contribution < 1.29 is 9.47 Å². The third kappa shape index (κ3) is 1.38. The van der Waals surface area contributed by atoms with E-state index in [0.29, 0.717) is 19.8 Å². The van der Waals surface area contributed by atoms with Crippen molar-refractivity contribution in [2.24, 2.45) is 11.1 Å². The molecular weight excluding hydrogens is 214 g/mol. The lowest BCUT2D eigenvalue weighted by atomic mass is 9.87. The highest BCUT2D eigenvalue weighted by molar-refractivity contribution is 5.54. The first-order chi connectivity index (χ1) is 8.11. The van der Waals surface area contributed by atoms with Crippen LogP contribution in [0.15, 0.2) is 18.2 Å². The van der Waals surface area contributed by atoms with E-state index < -0.39 is 0 Å². The Kier molecular flexibility index (Phi) is 2.17. The number of fused-ring (bicyclic) bond motifs is 1. The molecule has 1 aromatic carbocycles. The molecule has 0 radical (unpaired) electrons. The maximum absolute atomic E-state index is 6.01. The summed E-state index contributed by atoms with van der Waals surface area (Å²) >= 11 is 0. The van der Waals surface area contributed by atoms with Crippen molar-refractivity contribution in [2.75, 3.05) is 19.8 Å². The summed E-state index contributed by atoms with van der Waals surface area (Å²) in [7, 11) is 0. The summed E-state index contributed by atoms with van der Waals surface area (Å²) in [6.45, 7) is 6.46. The number of ether oxygens (including phenoxy) is 2. The van der Waals surface area contributed by atoms with Gasteiger partial charge in [-0.25, -0.2) is 0 Å². The van der Waals surface area contributed by atoms with Crippen LogP contribution in [0.3, 0.4) is 0 Å². The fourth-order valence-corrected chi connectivity index (χ4v) is 3.08. The van der Waals surface area contributed by atoms with Gasteiger partial charge in [0.25, 0.3) is 0 Å². The molecule has 0 aromatic heterocycles. The Bertz CT molecular complexity index is 456. The molecule has 2 aliphatic rings. The summed E-state index contributed by atoms with van der Waals surface area (Å²) in [5.41, 5.74) is 7.57. The van der Waals surface area contributed by atoms with E-state index in [4.69, 9.17) is 15.2 Å². The van der Waals surface area contributed by atoms with Crippen LogP contribution < -0.4 is 15.2 Å². The van der Waals surface area contributed by atoms with Gasteiger partial charge in [-0.2, -0.15) is 0 Å². The van der Waals surface area contributed by atoms with Crippen molar-refractivity contribution in [3.8, 4) is 11.5 Å². The van der Waals surface area contributed by atoms with Crippen molar-refractivity contribution in [3.63, 3.8) is 0 Å². The summed E-state index contributed by atoms with van der Waals surface area (Å²) in [6, 6.07) is 6.14. The molecule has 1 saturated carbocycles. The van der Waals surface area contributed by atoms with Gasteiger partial charge in [-0.1, -0.05) is 26.0 Å². The average Bonchev–Trinajstić information content (AvgIpc) is 2.92. The fraction of sp³-hybridized carbons (Fsp3) is 0.571. The van der Waals surface area contributed by atoms with E-state index in [1.165, 1.54) is 5.56 Å². The molecule has 3 nitrogen and oxygen atoms in total. The molecule has 92 valence electrons. The standard InChI is InChI=1S/C14H19NO2/c1-13(2)8-14(13,9-15)10-4-3-5-11-12(10)17-7-6-16-11/h3-5H,6-9,15H2,1-2H3. The summed E-state index contributed by atoms with van der Waals surface area (Å²) in [4.78, 5) is 0. The van der Waals surface area contributed by atoms with Crippen molar-refractivity contribution in [2.45, 2.75) is 25.7 Å². The van der Waals surface area contributed by atoms with E-state index in [0.717, 1.165) is 17.9 Å². The first kappa shape index (κ1) is 10.9. The van der Waals surface area contributed by atoms with Crippen LogP contribution in [0.1, 0.15) is 25.8 Å². The minimum Gasteiger partial charge on any atom is -0.486 e. The summed E-state index contributed by atoms with van der Waals surface area (Å²) in [5, 5.41) is 0. The van der Waals surface area contributed by atoms with Crippen LogP contribution in [-0.2, 0) is 5.41 Å². The molecule has 3 rings (SSSR count). The third-order valence-electron chi connectivity index (χ3n) is 4.34. The van der Waals surface area contributed by atoms with Gasteiger partial charge < -0.3 is 15.2 Å². The largest absolute Gasteiger partial charge is 0.486 e. The number of rotatable bonds is 2. The van der Waals surface area contributed by atoms with Crippen LogP contribution >= 0.6 is 0 Å². The van der Waals surface area contributed by atoms with Gasteiger partial charge in [0.05, 0.1) is 0 Å². The molecule has 3 heteroatoms. The van der Waals surface area contributed by atoms with Crippen LogP contribution in [0.2, 0.25) is 0 Å². The molecule has 0 bridgehead atoms. The Labute approximate surface area is 102 Å². The van der Waals surface area contributed by atoms with Crippen molar-refractivity contribution in [1.82, 2.24) is 0 Å². The lowest BCUT2D eigenvalue weighted by Crippen LogP contribution is -2.27. The van der Waals surface area contributed by atoms with Gasteiger partial charge >= 0.3 is 0 Å². The van der Waals surface area contributed by atoms with E-state index in [1.54, 1.807) is 0 Å². The number of para-hydroxylation sites is 1. The maximum atomic E-state index is 6.01. The number of hydrogen-bond acceptors (Lipinski definition) is 3. The highest BCUT2D eigenvalue weighted by atomic mass is 16.6. The van der Waals surface area contributed by atoms with Crippen LogP contribution in [-0.4, -0.2) is 19.8 Å². The SMILES string of the molecule is CC1(C)CC1(CN)c1cccc2c1OCCO2. The molecule has 0 spiro atoms. The molecule has 1 aromatic rings. The fourth-order valence-electron chi connectivity index (χ4n) is 3.08. The van der Waals surface area contributed by atoms with Gasteiger partial charge in [0.15, 0.2) is 11.5 Å². The van der Waals surface area contributed by atoms with Crippen LogP contribution in [0.5, 0.6) is 11.5 Å². The van der Waals surface area contributed by atoms with E-state index in [9.17, 15) is 0 Å². The third-order valence-corrected chi connectivity index (χ3v) is 4.34. The Hall–Kier alpha value is -1.22. The second kappa shape index (κ2) is 3.39. The molecule has 1 atom stereocenters. The molecule has 0 saturated heterocycles. The molecule has 0 amide bonds. The topological polar surface area (TPSA) is 44.5 Å². The highest BCUT2D eigenvalue weighted by Gasteiger charge is 2.62. The maximum Gasteiger partial charge on any atom is 0.165 e. The molecule has 1 aliphatic heterocycles. The lowest BCUT2D eigenvalue weighted by molar-refractivity contribution is 0.168. The summed E-state index contributed by atoms with van der Waals surface area (Å²) < 4.78 is 11.4. The first-order valence-electron chi connectivity index (χ1n) is 6.20. The smallest absolute Gasteiger partial charge is 0.165 e. The second-order valence-corrected chi connectivity index (χ2v) is 5.68. The Morgan fingerprint density at radius 1 is 1.24 bits per heavy atom. The van der Waals surface area contributed by atoms with Crippen molar-refractivity contribution in [3.05, 3.63) is 23.8 Å². The Morgan fingerprint density at radius 2 is 1.94 bits per heavy atom. The predicted molar refractivity (Wildman–Crippen MR) is 66.6 cm³/mol. The van der Waals surface area contributed by atoms with Crippen LogP contribution in [0, 0.1) is 5.41 Å². The normalized spacial score (nSPS) is 28.9. The van der Waals surface area contributed by atoms with Gasteiger partial charge in [0.2, 0.25) is 0 Å². The highest BCUT2D eigenvalue weighted by Crippen LogP contribution is 2.66. The van der Waals surface area contributed by atoms with E-state index in [1.807, 2.05) is 12.1 Å². The molecule has 17 heavy (non-hydrogen) atoms. The minimum absolute atomic E-state index is 0.0685. The molecule has 1 aliphatic carbocycles. The van der Waals surface area contributed by atoms with Gasteiger partial charge in [-0.05, 0) is 17.9 Å². The van der Waals surface area contributed by atoms with Gasteiger partial charge in [-0.3, -0.25) is 0 Å². The number of benzene rings is 1. The van der Waals surface area contributed by atoms with E-state index in [-0.39, 0.29) is 10.8 Å². The minimum atomic E-state index is 0.0685. The Morgan fingerprint density at radius 3 is 2.59 bits per heavy atom.